The predicted molar refractivity (Wildman–Crippen MR) is 188 cm³/mol. The Hall–Kier alpha value is -5.44. The van der Waals surface area contributed by atoms with Gasteiger partial charge in [0.1, 0.15) is 17.5 Å². The summed E-state index contributed by atoms with van der Waals surface area (Å²) in [6, 6.07) is 6.91. The maximum Gasteiger partial charge on any atom is 0.351 e. The van der Waals surface area contributed by atoms with E-state index in [4.69, 9.17) is 9.47 Å². The lowest BCUT2D eigenvalue weighted by molar-refractivity contribution is -0.136. The number of ether oxygens (including phenoxy) is 2. The van der Waals surface area contributed by atoms with E-state index in [0.29, 0.717) is 55.2 Å². The Kier molecular flexibility index (Phi) is 9.14. The second-order valence-corrected chi connectivity index (χ2v) is 13.3. The number of hydrogen-bond donors (Lipinski definition) is 1. The normalized spacial score (nSPS) is 18.2. The fourth-order valence-electron chi connectivity index (χ4n) is 7.46. The Bertz CT molecular complexity index is 2140. The molecule has 4 aromatic rings. The molecule has 0 bridgehead atoms. The minimum absolute atomic E-state index is 0.0401. The van der Waals surface area contributed by atoms with Crippen LogP contribution in [-0.4, -0.2) is 93.2 Å². The van der Waals surface area contributed by atoms with Gasteiger partial charge in [0.15, 0.2) is 5.65 Å². The van der Waals surface area contributed by atoms with Crippen LogP contribution in [0.2, 0.25) is 0 Å². The van der Waals surface area contributed by atoms with Gasteiger partial charge >= 0.3 is 5.69 Å². The summed E-state index contributed by atoms with van der Waals surface area (Å²) in [4.78, 5) is 69.0. The van der Waals surface area contributed by atoms with Crippen LogP contribution < -0.4 is 30.9 Å². The minimum Gasteiger partial charge on any atom is -0.496 e. The zero-order valence-electron chi connectivity index (χ0n) is 29.3. The molecule has 1 atom stereocenters. The maximum atomic E-state index is 13.2. The van der Waals surface area contributed by atoms with Crippen LogP contribution in [0.15, 0.2) is 46.2 Å². The van der Waals surface area contributed by atoms with Gasteiger partial charge in [-0.2, -0.15) is 4.68 Å². The summed E-state index contributed by atoms with van der Waals surface area (Å²) in [6.45, 7) is 6.30. The first-order valence-corrected chi connectivity index (χ1v) is 17.3. The highest BCUT2D eigenvalue weighted by Gasteiger charge is 2.31. The van der Waals surface area contributed by atoms with Crippen molar-refractivity contribution in [3.8, 4) is 22.6 Å². The Balaban J connectivity index is 1.08. The second-order valence-electron chi connectivity index (χ2n) is 13.3. The van der Waals surface area contributed by atoms with Gasteiger partial charge in [0.25, 0.3) is 11.5 Å². The number of methoxy groups -OCH3 is 2. The van der Waals surface area contributed by atoms with E-state index in [9.17, 15) is 24.0 Å². The molecule has 0 saturated carbocycles. The smallest absolute Gasteiger partial charge is 0.351 e. The molecule has 15 heteroatoms. The van der Waals surface area contributed by atoms with Crippen LogP contribution in [0.5, 0.6) is 11.5 Å². The Labute approximate surface area is 293 Å². The van der Waals surface area contributed by atoms with Gasteiger partial charge in [-0.05, 0) is 42.2 Å². The van der Waals surface area contributed by atoms with Gasteiger partial charge in [0, 0.05) is 94.4 Å². The van der Waals surface area contributed by atoms with Gasteiger partial charge < -0.3 is 23.8 Å². The summed E-state index contributed by atoms with van der Waals surface area (Å²) in [6.07, 6.45) is 4.92. The lowest BCUT2D eigenvalue weighted by Crippen LogP contribution is -2.46. The molecule has 3 aliphatic rings. The number of anilines is 1. The zero-order chi connectivity index (χ0) is 36.0. The van der Waals surface area contributed by atoms with Crippen molar-refractivity contribution in [2.45, 2.75) is 51.7 Å². The maximum absolute atomic E-state index is 13.2. The molecule has 6 heterocycles. The third kappa shape index (κ3) is 6.26. The van der Waals surface area contributed by atoms with Crippen LogP contribution >= 0.6 is 0 Å². The molecule has 268 valence electrons. The van der Waals surface area contributed by atoms with Gasteiger partial charge in [-0.1, -0.05) is 6.92 Å². The molecule has 3 aliphatic heterocycles. The van der Waals surface area contributed by atoms with Gasteiger partial charge in [-0.15, -0.1) is 5.10 Å². The molecule has 0 radical (unpaired) electrons. The van der Waals surface area contributed by atoms with Gasteiger partial charge in [0.05, 0.1) is 26.3 Å². The van der Waals surface area contributed by atoms with E-state index in [1.165, 1.54) is 9.08 Å². The Morgan fingerprint density at radius 2 is 1.69 bits per heavy atom. The van der Waals surface area contributed by atoms with Crippen LogP contribution in [0.3, 0.4) is 0 Å². The number of carbonyl (C=O) groups is 3. The largest absolute Gasteiger partial charge is 0.496 e. The first kappa shape index (κ1) is 34.0. The summed E-state index contributed by atoms with van der Waals surface area (Å²) in [5.74, 6) is 0.561. The van der Waals surface area contributed by atoms with Crippen LogP contribution in [-0.2, 0) is 40.9 Å². The third-order valence-electron chi connectivity index (χ3n) is 10.3. The van der Waals surface area contributed by atoms with Gasteiger partial charge in [-0.25, -0.2) is 4.79 Å². The lowest BCUT2D eigenvalue weighted by atomic mass is 9.91. The zero-order valence-corrected chi connectivity index (χ0v) is 29.3. The first-order valence-electron chi connectivity index (χ1n) is 17.3. The molecule has 1 aromatic carbocycles. The summed E-state index contributed by atoms with van der Waals surface area (Å²) in [7, 11) is 5.03. The predicted octanol–water partition coefficient (Wildman–Crippen LogP) is 1.47. The number of nitrogens with one attached hydrogen (secondary N) is 1. The number of rotatable bonds is 8. The number of aromatic nitrogens is 4. The molecular weight excluding hydrogens is 656 g/mol. The number of imide groups is 1. The average molecular weight is 699 g/mol. The van der Waals surface area contributed by atoms with E-state index < -0.39 is 17.6 Å². The van der Waals surface area contributed by atoms with Crippen LogP contribution in [0, 0.1) is 0 Å². The minimum atomic E-state index is -0.819. The molecule has 0 aliphatic carbocycles. The van der Waals surface area contributed by atoms with Crippen molar-refractivity contribution in [2.24, 2.45) is 7.05 Å². The monoisotopic (exact) mass is 698 g/mol. The van der Waals surface area contributed by atoms with Gasteiger partial charge in [-0.3, -0.25) is 33.8 Å². The van der Waals surface area contributed by atoms with E-state index in [0.717, 1.165) is 54.1 Å². The highest BCUT2D eigenvalue weighted by atomic mass is 16.5. The number of fused-ring (bicyclic) bond motifs is 2. The van der Waals surface area contributed by atoms with Crippen molar-refractivity contribution >= 4 is 29.1 Å². The molecule has 2 fully saturated rings. The van der Waals surface area contributed by atoms with Crippen LogP contribution in [0.25, 0.3) is 16.8 Å². The number of piperidine rings is 1. The van der Waals surface area contributed by atoms with Crippen molar-refractivity contribution in [1.82, 2.24) is 33.9 Å². The number of carbonyl (C=O) groups excluding carboxylic acids is 3. The van der Waals surface area contributed by atoms with E-state index in [-0.39, 0.29) is 30.2 Å². The molecule has 7 rings (SSSR count). The van der Waals surface area contributed by atoms with Crippen LogP contribution in [0.1, 0.15) is 48.9 Å². The average Bonchev–Trinajstić information content (AvgIpc) is 3.47. The van der Waals surface area contributed by atoms with E-state index in [2.05, 4.69) is 20.2 Å². The van der Waals surface area contributed by atoms with Crippen molar-refractivity contribution in [2.75, 3.05) is 51.8 Å². The lowest BCUT2D eigenvalue weighted by Gasteiger charge is -2.36. The number of aryl methyl sites for hydroxylation is 1. The van der Waals surface area contributed by atoms with Crippen molar-refractivity contribution in [1.29, 1.82) is 0 Å². The number of hydrogen-bond acceptors (Lipinski definition) is 10. The summed E-state index contributed by atoms with van der Waals surface area (Å²) >= 11 is 0. The summed E-state index contributed by atoms with van der Waals surface area (Å²) in [5, 5.41) is 6.74. The number of benzene rings is 1. The van der Waals surface area contributed by atoms with Crippen molar-refractivity contribution in [3.63, 3.8) is 0 Å². The number of amides is 3. The van der Waals surface area contributed by atoms with E-state index in [1.807, 2.05) is 37.4 Å². The topological polar surface area (TPSA) is 153 Å². The molecule has 3 amide bonds. The molecule has 1 N–H and O–H groups in total. The van der Waals surface area contributed by atoms with Gasteiger partial charge in [0.2, 0.25) is 11.8 Å². The van der Waals surface area contributed by atoms with Crippen molar-refractivity contribution < 1.29 is 23.9 Å². The summed E-state index contributed by atoms with van der Waals surface area (Å²) in [5.41, 5.74) is 5.19. The second kappa shape index (κ2) is 13.7. The standard InChI is InChI=1S/C36H42N8O7/c1-5-33(46)42-10-9-24-25(19-39(2)35(48)26(24)21-42)22-16-29(50-3)27(30(17-22)51-4)20-40-12-14-41(15-13-40)23-8-11-43-31(18-23)38-44(36(43)49)28-6-7-32(45)37-34(28)47/h8,11,16-19,28H,5-7,9-10,12-15,20-21H2,1-4H3,(H,37,45,47). The SMILES string of the molecule is CCC(=O)N1CCc2c(-c3cc(OC)c(CN4CCN(c5ccn6c(=O)n(C7CCC(=O)NC7=O)nc6c5)CC4)c(OC)c3)cn(C)c(=O)c2C1. The summed E-state index contributed by atoms with van der Waals surface area (Å²) < 4.78 is 16.0. The number of nitrogens with zero attached hydrogens (tertiary/aromatic N) is 7. The molecule has 15 nitrogen and oxygen atoms in total. The van der Waals surface area contributed by atoms with Crippen molar-refractivity contribution in [3.05, 3.63) is 74.2 Å². The van der Waals surface area contributed by atoms with E-state index in [1.54, 1.807) is 36.9 Å². The number of pyridine rings is 2. The van der Waals surface area contributed by atoms with E-state index >= 15 is 0 Å². The quantitative estimate of drug-likeness (QED) is 0.268. The molecule has 2 saturated heterocycles. The molecule has 3 aromatic heterocycles. The Morgan fingerprint density at radius 3 is 2.35 bits per heavy atom. The molecular formula is C36H42N8O7. The molecule has 0 spiro atoms. The number of piperazine rings is 1. The fraction of sp³-hybridized carbons (Fsp3) is 0.444. The van der Waals surface area contributed by atoms with Crippen LogP contribution in [0.4, 0.5) is 5.69 Å². The molecule has 1 unspecified atom stereocenters. The third-order valence-corrected chi connectivity index (χ3v) is 10.3. The first-order chi connectivity index (χ1) is 24.6. The highest BCUT2D eigenvalue weighted by Crippen LogP contribution is 2.38. The molecule has 51 heavy (non-hydrogen) atoms. The highest BCUT2D eigenvalue weighted by molar-refractivity contribution is 5.99. The Morgan fingerprint density at radius 1 is 0.961 bits per heavy atom. The fourth-order valence-corrected chi connectivity index (χ4v) is 7.46.